The van der Waals surface area contributed by atoms with E-state index >= 15 is 0 Å². The Morgan fingerprint density at radius 2 is 2.00 bits per heavy atom. The summed E-state index contributed by atoms with van der Waals surface area (Å²) in [6.45, 7) is 11.5. The molecule has 0 saturated heterocycles. The van der Waals surface area contributed by atoms with Crippen molar-refractivity contribution in [1.82, 2.24) is 25.1 Å². The molecule has 8 nitrogen and oxygen atoms in total. The molecule has 4 aromatic rings. The van der Waals surface area contributed by atoms with Crippen LogP contribution < -0.4 is 10.1 Å². The fourth-order valence-corrected chi connectivity index (χ4v) is 4.63. The molecule has 2 aromatic carbocycles. The molecule has 2 heterocycles. The van der Waals surface area contributed by atoms with Gasteiger partial charge in [0.1, 0.15) is 29.8 Å². The maximum atomic E-state index is 12.4. The highest BCUT2D eigenvalue weighted by Gasteiger charge is 2.26. The summed E-state index contributed by atoms with van der Waals surface area (Å²) in [5, 5.41) is 18.7. The molecule has 9 heteroatoms. The molecule has 0 aliphatic heterocycles. The van der Waals surface area contributed by atoms with E-state index in [0.29, 0.717) is 17.3 Å². The first-order chi connectivity index (χ1) is 17.5. The van der Waals surface area contributed by atoms with Crippen LogP contribution in [-0.4, -0.2) is 36.4 Å². The van der Waals surface area contributed by atoms with Crippen molar-refractivity contribution >= 4 is 28.4 Å². The molecule has 0 spiro atoms. The van der Waals surface area contributed by atoms with Gasteiger partial charge in [0, 0.05) is 33.8 Å². The van der Waals surface area contributed by atoms with Gasteiger partial charge in [-0.3, -0.25) is 4.79 Å². The van der Waals surface area contributed by atoms with Gasteiger partial charge < -0.3 is 15.2 Å². The predicted molar refractivity (Wildman–Crippen MR) is 145 cm³/mol. The minimum atomic E-state index is -1.50. The molecule has 1 atom stereocenters. The van der Waals surface area contributed by atoms with E-state index in [1.165, 1.54) is 13.8 Å². The number of carbonyl (C=O) groups excluding carboxylic acids is 1. The number of aliphatic hydroxyl groups is 1. The normalized spacial score (nSPS) is 12.5. The molecule has 0 radical (unpaired) electrons. The van der Waals surface area contributed by atoms with E-state index in [4.69, 9.17) is 21.3 Å². The van der Waals surface area contributed by atoms with Crippen LogP contribution in [0.25, 0.3) is 22.3 Å². The molecule has 0 fully saturated rings. The number of hydrogen-bond acceptors (Lipinski definition) is 6. The Kier molecular flexibility index (Phi) is 7.52. The second-order valence-electron chi connectivity index (χ2n) is 9.72. The van der Waals surface area contributed by atoms with E-state index in [0.717, 1.165) is 44.7 Å². The van der Waals surface area contributed by atoms with Crippen molar-refractivity contribution in [3.8, 4) is 17.1 Å². The van der Waals surface area contributed by atoms with Crippen molar-refractivity contribution in [2.24, 2.45) is 0 Å². The maximum Gasteiger partial charge on any atom is 0.251 e. The van der Waals surface area contributed by atoms with Crippen LogP contribution in [0.3, 0.4) is 0 Å². The standard InChI is InChI=1S/C28H32ClN5O3/c1-7-34-26(30-15-31-34)21-13-17(3)32-25-19(21)9-8-10-24(25)37-14-22-20(11-16(2)12-23(22)29)18(4)33-27(35)28(5,6)36/h8-13,15,18,36H,7,14H2,1-6H3,(H,33,35)/t18-/m0/s1. The third kappa shape index (κ3) is 5.60. The number of halogens is 1. The van der Waals surface area contributed by atoms with E-state index in [1.54, 1.807) is 6.33 Å². The number of benzene rings is 2. The van der Waals surface area contributed by atoms with Gasteiger partial charge in [-0.15, -0.1) is 0 Å². The smallest absolute Gasteiger partial charge is 0.251 e. The number of pyridine rings is 1. The van der Waals surface area contributed by atoms with Crippen LogP contribution in [0, 0.1) is 13.8 Å². The first-order valence-corrected chi connectivity index (χ1v) is 12.6. The highest BCUT2D eigenvalue weighted by Crippen LogP contribution is 2.34. The van der Waals surface area contributed by atoms with E-state index < -0.39 is 17.6 Å². The fourth-order valence-electron chi connectivity index (χ4n) is 4.29. The molecular formula is C28H32ClN5O3. The van der Waals surface area contributed by atoms with Gasteiger partial charge in [-0.1, -0.05) is 29.8 Å². The van der Waals surface area contributed by atoms with E-state index in [-0.39, 0.29) is 6.61 Å². The number of carbonyl (C=O) groups is 1. The summed E-state index contributed by atoms with van der Waals surface area (Å²) in [7, 11) is 0. The maximum absolute atomic E-state index is 12.4. The zero-order chi connectivity index (χ0) is 26.9. The molecule has 4 rings (SSSR count). The minimum Gasteiger partial charge on any atom is -0.487 e. The van der Waals surface area contributed by atoms with Gasteiger partial charge in [0.15, 0.2) is 5.82 Å². The second-order valence-corrected chi connectivity index (χ2v) is 10.1. The molecule has 37 heavy (non-hydrogen) atoms. The van der Waals surface area contributed by atoms with Crippen LogP contribution >= 0.6 is 11.6 Å². The van der Waals surface area contributed by atoms with E-state index in [9.17, 15) is 9.90 Å². The van der Waals surface area contributed by atoms with Crippen LogP contribution in [0.2, 0.25) is 5.02 Å². The molecule has 194 valence electrons. The topological polar surface area (TPSA) is 102 Å². The molecule has 0 unspecified atom stereocenters. The zero-order valence-corrected chi connectivity index (χ0v) is 22.7. The van der Waals surface area contributed by atoms with Crippen LogP contribution in [0.5, 0.6) is 5.75 Å². The van der Waals surface area contributed by atoms with Crippen molar-refractivity contribution in [1.29, 1.82) is 0 Å². The van der Waals surface area contributed by atoms with Crippen molar-refractivity contribution in [2.45, 2.75) is 66.3 Å². The second kappa shape index (κ2) is 10.5. The van der Waals surface area contributed by atoms with Gasteiger partial charge in [0.05, 0.1) is 6.04 Å². The Hall–Kier alpha value is -3.49. The van der Waals surface area contributed by atoms with Gasteiger partial charge >= 0.3 is 0 Å². The van der Waals surface area contributed by atoms with Crippen LogP contribution in [0.15, 0.2) is 42.7 Å². The summed E-state index contributed by atoms with van der Waals surface area (Å²) in [4.78, 5) is 21.7. The summed E-state index contributed by atoms with van der Waals surface area (Å²) >= 11 is 6.67. The quantitative estimate of drug-likeness (QED) is 0.326. The lowest BCUT2D eigenvalue weighted by Gasteiger charge is -2.24. The summed E-state index contributed by atoms with van der Waals surface area (Å²) in [6.07, 6.45) is 1.56. The number of rotatable bonds is 8. The number of hydrogen-bond donors (Lipinski definition) is 2. The number of aryl methyl sites for hydroxylation is 3. The minimum absolute atomic E-state index is 0.173. The number of amides is 1. The molecular weight excluding hydrogens is 490 g/mol. The predicted octanol–water partition coefficient (Wildman–Crippen LogP) is 5.31. The number of fused-ring (bicyclic) bond motifs is 1. The zero-order valence-electron chi connectivity index (χ0n) is 22.0. The Morgan fingerprint density at radius 3 is 2.70 bits per heavy atom. The van der Waals surface area contributed by atoms with E-state index in [2.05, 4.69) is 15.4 Å². The highest BCUT2D eigenvalue weighted by atomic mass is 35.5. The molecule has 0 bridgehead atoms. The summed E-state index contributed by atoms with van der Waals surface area (Å²) in [5.74, 6) is 0.918. The number of ether oxygens (including phenoxy) is 1. The molecule has 2 N–H and O–H groups in total. The summed E-state index contributed by atoms with van der Waals surface area (Å²) in [6, 6.07) is 11.3. The summed E-state index contributed by atoms with van der Waals surface area (Å²) < 4.78 is 8.17. The lowest BCUT2D eigenvalue weighted by Crippen LogP contribution is -2.43. The number of aromatic nitrogens is 4. The Bertz CT molecular complexity index is 1460. The molecule has 0 aliphatic rings. The first kappa shape index (κ1) is 26.6. The van der Waals surface area contributed by atoms with Crippen LogP contribution in [0.1, 0.15) is 56.1 Å². The Labute approximate surface area is 221 Å². The van der Waals surface area contributed by atoms with Crippen LogP contribution in [-0.2, 0) is 17.9 Å². The Balaban J connectivity index is 1.71. The monoisotopic (exact) mass is 521 g/mol. The molecule has 0 aliphatic carbocycles. The third-order valence-electron chi connectivity index (χ3n) is 6.20. The number of para-hydroxylation sites is 1. The van der Waals surface area contributed by atoms with Gasteiger partial charge in [-0.25, -0.2) is 14.6 Å². The average molecular weight is 522 g/mol. The van der Waals surface area contributed by atoms with Crippen molar-refractivity contribution < 1.29 is 14.6 Å². The largest absolute Gasteiger partial charge is 0.487 e. The first-order valence-electron chi connectivity index (χ1n) is 12.2. The highest BCUT2D eigenvalue weighted by molar-refractivity contribution is 6.31. The van der Waals surface area contributed by atoms with E-state index in [1.807, 2.05) is 68.8 Å². The van der Waals surface area contributed by atoms with Crippen LogP contribution in [0.4, 0.5) is 0 Å². The van der Waals surface area contributed by atoms with Gasteiger partial charge in [-0.2, -0.15) is 5.10 Å². The molecule has 0 saturated carbocycles. The lowest BCUT2D eigenvalue weighted by molar-refractivity contribution is -0.137. The number of nitrogens with one attached hydrogen (secondary N) is 1. The third-order valence-corrected chi connectivity index (χ3v) is 6.54. The van der Waals surface area contributed by atoms with Crippen molar-refractivity contribution in [3.05, 3.63) is 70.1 Å². The number of nitrogens with zero attached hydrogens (tertiary/aromatic N) is 4. The fraction of sp³-hybridized carbons (Fsp3) is 0.357. The molecule has 2 aromatic heterocycles. The van der Waals surface area contributed by atoms with Gasteiger partial charge in [-0.05, 0) is 70.9 Å². The van der Waals surface area contributed by atoms with Gasteiger partial charge in [0.2, 0.25) is 0 Å². The van der Waals surface area contributed by atoms with Gasteiger partial charge in [0.25, 0.3) is 5.91 Å². The van der Waals surface area contributed by atoms with Crippen molar-refractivity contribution in [2.75, 3.05) is 0 Å². The molecule has 1 amide bonds. The van der Waals surface area contributed by atoms with Crippen molar-refractivity contribution in [3.63, 3.8) is 0 Å². The Morgan fingerprint density at radius 1 is 1.24 bits per heavy atom. The average Bonchev–Trinajstić information content (AvgIpc) is 3.30. The SMILES string of the molecule is CCn1ncnc1-c1cc(C)nc2c(OCc3c(Cl)cc(C)cc3[C@H](C)NC(=O)C(C)(C)O)cccc12. The lowest BCUT2D eigenvalue weighted by atomic mass is 9.98. The summed E-state index contributed by atoms with van der Waals surface area (Å²) in [5.41, 5.74) is 3.53.